The lowest BCUT2D eigenvalue weighted by atomic mass is 9.87. The summed E-state index contributed by atoms with van der Waals surface area (Å²) in [6.45, 7) is 7.12. The van der Waals surface area contributed by atoms with E-state index in [-0.39, 0.29) is 12.1 Å². The molecule has 0 aromatic rings. The fourth-order valence-corrected chi connectivity index (χ4v) is 3.39. The van der Waals surface area contributed by atoms with Crippen LogP contribution in [0.2, 0.25) is 0 Å². The Hall–Kier alpha value is -1.54. The number of rotatable bonds is 3. The minimum atomic E-state index is -0.467. The lowest BCUT2D eigenvalue weighted by Crippen LogP contribution is -2.57. The Kier molecular flexibility index (Phi) is 4.34. The summed E-state index contributed by atoms with van der Waals surface area (Å²) < 4.78 is 0. The molecular weight excluding hydrogens is 252 g/mol. The zero-order valence-corrected chi connectivity index (χ0v) is 12.4. The Bertz CT molecular complexity index is 453. The van der Waals surface area contributed by atoms with Crippen molar-refractivity contribution in [1.82, 2.24) is 9.80 Å². The van der Waals surface area contributed by atoms with Gasteiger partial charge in [0, 0.05) is 6.54 Å². The first-order chi connectivity index (χ1) is 9.55. The number of likely N-dealkylation sites (tertiary alicyclic amines) is 1. The number of carbonyl (C=O) groups excluding carboxylic acids is 1. The molecule has 0 aromatic heterocycles. The van der Waals surface area contributed by atoms with E-state index in [4.69, 9.17) is 12.2 Å². The lowest BCUT2D eigenvalue weighted by molar-refractivity contribution is 0.146. The van der Waals surface area contributed by atoms with Gasteiger partial charge in [-0.2, -0.15) is 4.99 Å². The first-order valence-corrected chi connectivity index (χ1v) is 7.41. The molecule has 110 valence electrons. The molecule has 1 spiro atoms. The van der Waals surface area contributed by atoms with Crippen molar-refractivity contribution in [3.63, 3.8) is 0 Å². The molecule has 1 saturated heterocycles. The highest BCUT2D eigenvalue weighted by Crippen LogP contribution is 2.35. The maximum absolute atomic E-state index is 12.1. The van der Waals surface area contributed by atoms with Gasteiger partial charge in [-0.1, -0.05) is 12.8 Å². The van der Waals surface area contributed by atoms with Crippen LogP contribution in [-0.2, 0) is 0 Å². The second-order valence-corrected chi connectivity index (χ2v) is 5.72. The van der Waals surface area contributed by atoms with Crippen molar-refractivity contribution in [2.75, 3.05) is 19.6 Å². The number of terminal acetylenes is 1. The van der Waals surface area contributed by atoms with E-state index in [2.05, 4.69) is 22.7 Å². The molecule has 2 aliphatic heterocycles. The largest absolute Gasteiger partial charge is 0.385 e. The molecule has 2 unspecified atom stereocenters. The summed E-state index contributed by atoms with van der Waals surface area (Å²) in [5, 5.41) is 0. The van der Waals surface area contributed by atoms with Gasteiger partial charge in [-0.3, -0.25) is 4.90 Å². The molecule has 20 heavy (non-hydrogen) atoms. The van der Waals surface area contributed by atoms with Crippen LogP contribution in [0.15, 0.2) is 4.99 Å². The molecule has 2 rings (SSSR count). The van der Waals surface area contributed by atoms with Crippen LogP contribution in [-0.4, -0.2) is 52.9 Å². The maximum atomic E-state index is 12.1. The highest BCUT2D eigenvalue weighted by Gasteiger charge is 2.50. The zero-order chi connectivity index (χ0) is 14.8. The van der Waals surface area contributed by atoms with E-state index >= 15 is 0 Å². The fourth-order valence-electron chi connectivity index (χ4n) is 3.39. The second kappa shape index (κ2) is 5.84. The number of amidine groups is 1. The van der Waals surface area contributed by atoms with E-state index in [1.807, 2.05) is 6.92 Å². The molecule has 2 heterocycles. The number of amides is 2. The second-order valence-electron chi connectivity index (χ2n) is 5.72. The summed E-state index contributed by atoms with van der Waals surface area (Å²) in [7, 11) is 0. The van der Waals surface area contributed by atoms with Crippen LogP contribution in [0.3, 0.4) is 0 Å². The van der Waals surface area contributed by atoms with Gasteiger partial charge in [0.1, 0.15) is 11.4 Å². The first kappa shape index (κ1) is 14.9. The lowest BCUT2D eigenvalue weighted by Gasteiger charge is -2.39. The highest BCUT2D eigenvalue weighted by atomic mass is 16.2. The van der Waals surface area contributed by atoms with Crippen molar-refractivity contribution in [3.05, 3.63) is 0 Å². The van der Waals surface area contributed by atoms with Gasteiger partial charge in [0.25, 0.3) is 0 Å². The summed E-state index contributed by atoms with van der Waals surface area (Å²) in [4.78, 5) is 20.3. The Morgan fingerprint density at radius 2 is 2.25 bits per heavy atom. The minimum Gasteiger partial charge on any atom is -0.385 e. The van der Waals surface area contributed by atoms with Crippen LogP contribution in [0, 0.1) is 12.3 Å². The van der Waals surface area contributed by atoms with Gasteiger partial charge in [-0.25, -0.2) is 4.79 Å². The number of hydrogen-bond donors (Lipinski definition) is 1. The molecule has 0 bridgehead atoms. The Morgan fingerprint density at radius 3 is 2.90 bits per heavy atom. The van der Waals surface area contributed by atoms with Crippen molar-refractivity contribution in [2.24, 2.45) is 10.7 Å². The van der Waals surface area contributed by atoms with E-state index in [1.165, 1.54) is 0 Å². The summed E-state index contributed by atoms with van der Waals surface area (Å²) in [6.07, 6.45) is 9.33. The number of nitrogens with zero attached hydrogens (tertiary/aromatic N) is 3. The van der Waals surface area contributed by atoms with Gasteiger partial charge in [0.2, 0.25) is 0 Å². The molecular formula is C15H24N4O. The monoisotopic (exact) mass is 276 g/mol. The predicted octanol–water partition coefficient (Wildman–Crippen LogP) is 1.44. The molecule has 0 aromatic carbocycles. The van der Waals surface area contributed by atoms with E-state index in [9.17, 15) is 4.79 Å². The third-order valence-electron chi connectivity index (χ3n) is 4.43. The van der Waals surface area contributed by atoms with Crippen LogP contribution in [0.5, 0.6) is 0 Å². The van der Waals surface area contributed by atoms with Crippen LogP contribution in [0.4, 0.5) is 4.79 Å². The summed E-state index contributed by atoms with van der Waals surface area (Å²) >= 11 is 0. The third kappa shape index (κ3) is 2.40. The average Bonchev–Trinajstić information content (AvgIpc) is 2.56. The number of aliphatic imine (C=N–C) groups is 1. The van der Waals surface area contributed by atoms with E-state index in [1.54, 1.807) is 4.90 Å². The molecule has 0 aliphatic carbocycles. The summed E-state index contributed by atoms with van der Waals surface area (Å²) in [5.74, 6) is 3.10. The third-order valence-corrected chi connectivity index (χ3v) is 4.43. The van der Waals surface area contributed by atoms with Crippen molar-refractivity contribution in [1.29, 1.82) is 0 Å². The number of nitrogens with two attached hydrogens (primary N) is 1. The van der Waals surface area contributed by atoms with Crippen LogP contribution in [0.25, 0.3) is 0 Å². The van der Waals surface area contributed by atoms with Crippen LogP contribution in [0.1, 0.15) is 39.5 Å². The first-order valence-electron chi connectivity index (χ1n) is 7.41. The smallest absolute Gasteiger partial charge is 0.347 e. The van der Waals surface area contributed by atoms with Gasteiger partial charge in [0.15, 0.2) is 0 Å². The predicted molar refractivity (Wildman–Crippen MR) is 80.5 cm³/mol. The zero-order valence-electron chi connectivity index (χ0n) is 12.4. The molecule has 2 N–H and O–H groups in total. The molecule has 0 radical (unpaired) electrons. The van der Waals surface area contributed by atoms with E-state index < -0.39 is 5.54 Å². The summed E-state index contributed by atoms with van der Waals surface area (Å²) in [5.41, 5.74) is 5.64. The van der Waals surface area contributed by atoms with Crippen LogP contribution < -0.4 is 5.73 Å². The fraction of sp³-hybridized carbons (Fsp3) is 0.733. The molecule has 1 fully saturated rings. The van der Waals surface area contributed by atoms with Crippen molar-refractivity contribution in [2.45, 2.75) is 51.1 Å². The Labute approximate surface area is 121 Å². The summed E-state index contributed by atoms with van der Waals surface area (Å²) in [6, 6.07) is -0.554. The van der Waals surface area contributed by atoms with Gasteiger partial charge >= 0.3 is 6.03 Å². The molecule has 0 saturated carbocycles. The quantitative estimate of drug-likeness (QED) is 0.793. The van der Waals surface area contributed by atoms with E-state index in [0.29, 0.717) is 5.84 Å². The SMILES string of the molecule is C#CC(C)N1C(=O)N=C(N)C12CCCN(CCC)CC2. The van der Waals surface area contributed by atoms with Crippen molar-refractivity contribution in [3.8, 4) is 12.3 Å². The number of urea groups is 1. The normalized spacial score (nSPS) is 29.1. The number of carbonyl (C=O) groups is 1. The molecule has 5 heteroatoms. The van der Waals surface area contributed by atoms with Gasteiger partial charge in [-0.15, -0.1) is 6.42 Å². The Morgan fingerprint density at radius 1 is 1.50 bits per heavy atom. The Balaban J connectivity index is 2.24. The molecule has 2 atom stereocenters. The van der Waals surface area contributed by atoms with Gasteiger partial charge < -0.3 is 10.6 Å². The van der Waals surface area contributed by atoms with Crippen LogP contribution >= 0.6 is 0 Å². The van der Waals surface area contributed by atoms with Gasteiger partial charge in [0.05, 0.1) is 6.04 Å². The molecule has 2 aliphatic rings. The average molecular weight is 276 g/mol. The van der Waals surface area contributed by atoms with Crippen molar-refractivity contribution < 1.29 is 4.79 Å². The standard InChI is InChI=1S/C15H24N4O/c1-4-9-18-10-6-7-15(8-11-18)13(16)17-14(20)19(15)12(3)5-2/h2,12H,4,6-11H2,1,3H3,(H2,16,17,20). The van der Waals surface area contributed by atoms with E-state index in [0.717, 1.165) is 45.3 Å². The van der Waals surface area contributed by atoms with Gasteiger partial charge in [-0.05, 0) is 45.7 Å². The highest BCUT2D eigenvalue weighted by molar-refractivity contribution is 6.06. The number of hydrogen-bond acceptors (Lipinski definition) is 3. The molecule has 2 amide bonds. The minimum absolute atomic E-state index is 0.273. The van der Waals surface area contributed by atoms with Crippen molar-refractivity contribution >= 4 is 11.9 Å². The molecule has 5 nitrogen and oxygen atoms in total. The topological polar surface area (TPSA) is 61.9 Å². The maximum Gasteiger partial charge on any atom is 0.347 e.